The normalized spacial score (nSPS) is 15.3. The van der Waals surface area contributed by atoms with Gasteiger partial charge in [-0.25, -0.2) is 8.42 Å². The van der Waals surface area contributed by atoms with Crippen LogP contribution < -0.4 is 4.74 Å². The van der Waals surface area contributed by atoms with Gasteiger partial charge < -0.3 is 4.74 Å². The van der Waals surface area contributed by atoms with Crippen LogP contribution in [0.2, 0.25) is 0 Å². The number of esters is 1. The molecule has 2 aromatic carbocycles. The van der Waals surface area contributed by atoms with E-state index in [4.69, 9.17) is 4.74 Å². The molecule has 0 saturated carbocycles. The van der Waals surface area contributed by atoms with Crippen LogP contribution in [0.25, 0.3) is 0 Å². The van der Waals surface area contributed by atoms with Gasteiger partial charge in [-0.15, -0.1) is 0 Å². The Bertz CT molecular complexity index is 883. The third kappa shape index (κ3) is 5.20. The van der Waals surface area contributed by atoms with Crippen molar-refractivity contribution < 1.29 is 17.9 Å². The van der Waals surface area contributed by atoms with E-state index in [1.54, 1.807) is 40.7 Å². The molecule has 1 fully saturated rings. The Morgan fingerprint density at radius 1 is 0.929 bits per heavy atom. The summed E-state index contributed by atoms with van der Waals surface area (Å²) < 4.78 is 32.2. The van der Waals surface area contributed by atoms with Crippen molar-refractivity contribution in [1.29, 1.82) is 0 Å². The van der Waals surface area contributed by atoms with E-state index in [0.717, 1.165) is 31.2 Å². The zero-order valence-corrected chi connectivity index (χ0v) is 17.1. The molecule has 6 heteroatoms. The van der Waals surface area contributed by atoms with Crippen molar-refractivity contribution in [3.05, 3.63) is 59.7 Å². The first-order chi connectivity index (χ1) is 13.5. The van der Waals surface area contributed by atoms with Gasteiger partial charge in [0.25, 0.3) is 0 Å². The number of carbonyl (C=O) groups is 1. The van der Waals surface area contributed by atoms with Crippen LogP contribution in [-0.2, 0) is 27.7 Å². The topological polar surface area (TPSA) is 63.7 Å². The first kappa shape index (κ1) is 20.6. The molecule has 2 aromatic rings. The first-order valence-electron chi connectivity index (χ1n) is 9.88. The fourth-order valence-electron chi connectivity index (χ4n) is 3.30. The van der Waals surface area contributed by atoms with Gasteiger partial charge in [-0.05, 0) is 61.1 Å². The first-order valence-corrected chi connectivity index (χ1v) is 11.3. The SMILES string of the molecule is CCc1ccc(OC(=O)CCc2ccc(S(=O)(=O)N3CCCCC3)cc2)cc1. The largest absolute Gasteiger partial charge is 0.427 e. The number of piperidine rings is 1. The summed E-state index contributed by atoms with van der Waals surface area (Å²) in [7, 11) is -3.41. The molecule has 0 radical (unpaired) electrons. The predicted molar refractivity (Wildman–Crippen MR) is 109 cm³/mol. The van der Waals surface area contributed by atoms with Gasteiger partial charge in [0, 0.05) is 19.5 Å². The van der Waals surface area contributed by atoms with Crippen LogP contribution in [0.15, 0.2) is 53.4 Å². The van der Waals surface area contributed by atoms with E-state index in [1.807, 2.05) is 12.1 Å². The molecule has 3 rings (SSSR count). The van der Waals surface area contributed by atoms with E-state index in [0.29, 0.717) is 30.2 Å². The number of hydrogen-bond acceptors (Lipinski definition) is 4. The summed E-state index contributed by atoms with van der Waals surface area (Å²) in [5.41, 5.74) is 2.11. The fourth-order valence-corrected chi connectivity index (χ4v) is 4.82. The molecule has 1 saturated heterocycles. The van der Waals surface area contributed by atoms with Crippen molar-refractivity contribution in [1.82, 2.24) is 4.31 Å². The van der Waals surface area contributed by atoms with Gasteiger partial charge in [0.2, 0.25) is 10.0 Å². The van der Waals surface area contributed by atoms with Gasteiger partial charge in [-0.1, -0.05) is 37.6 Å². The summed E-state index contributed by atoms with van der Waals surface area (Å²) in [6.07, 6.45) is 4.62. The molecule has 28 heavy (non-hydrogen) atoms. The number of aryl methyl sites for hydroxylation is 2. The number of ether oxygens (including phenoxy) is 1. The molecule has 0 atom stereocenters. The Kier molecular flexibility index (Phi) is 6.86. The Balaban J connectivity index is 1.54. The number of sulfonamides is 1. The van der Waals surface area contributed by atoms with Crippen LogP contribution in [0.3, 0.4) is 0 Å². The van der Waals surface area contributed by atoms with Crippen LogP contribution in [-0.4, -0.2) is 31.8 Å². The van der Waals surface area contributed by atoms with E-state index in [-0.39, 0.29) is 12.4 Å². The summed E-state index contributed by atoms with van der Waals surface area (Å²) in [4.78, 5) is 12.4. The van der Waals surface area contributed by atoms with Crippen molar-refractivity contribution in [2.75, 3.05) is 13.1 Å². The molecule has 0 unspecified atom stereocenters. The molecule has 1 aliphatic heterocycles. The summed E-state index contributed by atoms with van der Waals surface area (Å²) >= 11 is 0. The Labute approximate surface area is 167 Å². The van der Waals surface area contributed by atoms with Crippen LogP contribution in [0.5, 0.6) is 5.75 Å². The highest BCUT2D eigenvalue weighted by atomic mass is 32.2. The van der Waals surface area contributed by atoms with Crippen molar-refractivity contribution in [3.63, 3.8) is 0 Å². The molecule has 5 nitrogen and oxygen atoms in total. The van der Waals surface area contributed by atoms with E-state index >= 15 is 0 Å². The maximum atomic E-state index is 12.7. The highest BCUT2D eigenvalue weighted by molar-refractivity contribution is 7.89. The fraction of sp³-hybridized carbons (Fsp3) is 0.409. The summed E-state index contributed by atoms with van der Waals surface area (Å²) in [5.74, 6) is 0.249. The summed E-state index contributed by atoms with van der Waals surface area (Å²) in [6.45, 7) is 3.26. The minimum Gasteiger partial charge on any atom is -0.427 e. The molecule has 0 aliphatic carbocycles. The quantitative estimate of drug-likeness (QED) is 0.520. The zero-order valence-electron chi connectivity index (χ0n) is 16.3. The van der Waals surface area contributed by atoms with E-state index in [2.05, 4.69) is 6.92 Å². The second-order valence-electron chi connectivity index (χ2n) is 7.08. The number of carbonyl (C=O) groups excluding carboxylic acids is 1. The maximum Gasteiger partial charge on any atom is 0.311 e. The molecular formula is C22H27NO4S. The van der Waals surface area contributed by atoms with E-state index in [1.165, 1.54) is 5.56 Å². The van der Waals surface area contributed by atoms with Gasteiger partial charge in [0.1, 0.15) is 5.75 Å². The Morgan fingerprint density at radius 3 is 2.14 bits per heavy atom. The lowest BCUT2D eigenvalue weighted by Gasteiger charge is -2.25. The maximum absolute atomic E-state index is 12.7. The highest BCUT2D eigenvalue weighted by Crippen LogP contribution is 2.21. The van der Waals surface area contributed by atoms with Gasteiger partial charge in [0.05, 0.1) is 4.90 Å². The summed E-state index contributed by atoms with van der Waals surface area (Å²) in [6, 6.07) is 14.3. The zero-order chi connectivity index (χ0) is 20.0. The molecule has 0 bridgehead atoms. The van der Waals surface area contributed by atoms with Crippen LogP contribution >= 0.6 is 0 Å². The van der Waals surface area contributed by atoms with Gasteiger partial charge in [-0.3, -0.25) is 4.79 Å². The average Bonchev–Trinajstić information content (AvgIpc) is 2.74. The lowest BCUT2D eigenvalue weighted by atomic mass is 10.1. The number of nitrogens with zero attached hydrogens (tertiary/aromatic N) is 1. The number of benzene rings is 2. The molecule has 150 valence electrons. The molecule has 0 spiro atoms. The third-order valence-corrected chi connectivity index (χ3v) is 6.97. The van der Waals surface area contributed by atoms with Gasteiger partial charge in [0.15, 0.2) is 0 Å². The van der Waals surface area contributed by atoms with Crippen molar-refractivity contribution >= 4 is 16.0 Å². The minimum atomic E-state index is -3.41. The van der Waals surface area contributed by atoms with Crippen molar-refractivity contribution in [3.8, 4) is 5.75 Å². The monoisotopic (exact) mass is 401 g/mol. The van der Waals surface area contributed by atoms with Crippen LogP contribution in [0.1, 0.15) is 43.7 Å². The van der Waals surface area contributed by atoms with Crippen LogP contribution in [0.4, 0.5) is 0 Å². The van der Waals surface area contributed by atoms with Crippen LogP contribution in [0, 0.1) is 0 Å². The molecule has 1 aliphatic rings. The van der Waals surface area contributed by atoms with Crippen molar-refractivity contribution in [2.45, 2.75) is 50.3 Å². The van der Waals surface area contributed by atoms with E-state index < -0.39 is 10.0 Å². The summed E-state index contributed by atoms with van der Waals surface area (Å²) in [5, 5.41) is 0. The average molecular weight is 402 g/mol. The smallest absolute Gasteiger partial charge is 0.311 e. The van der Waals surface area contributed by atoms with Gasteiger partial charge in [-0.2, -0.15) is 4.31 Å². The molecular weight excluding hydrogens is 374 g/mol. The number of rotatable bonds is 7. The third-order valence-electron chi connectivity index (χ3n) is 5.06. The molecule has 0 aromatic heterocycles. The molecule has 0 N–H and O–H groups in total. The molecule has 1 heterocycles. The second-order valence-corrected chi connectivity index (χ2v) is 9.02. The second kappa shape index (κ2) is 9.34. The lowest BCUT2D eigenvalue weighted by Crippen LogP contribution is -2.35. The predicted octanol–water partition coefficient (Wildman–Crippen LogP) is 3.96. The standard InChI is InChI=1S/C22H27NO4S/c1-2-18-6-11-20(12-7-18)27-22(24)15-10-19-8-13-21(14-9-19)28(25,26)23-16-4-3-5-17-23/h6-9,11-14H,2-5,10,15-17H2,1H3. The lowest BCUT2D eigenvalue weighted by molar-refractivity contribution is -0.134. The van der Waals surface area contributed by atoms with Crippen molar-refractivity contribution in [2.24, 2.45) is 0 Å². The number of hydrogen-bond donors (Lipinski definition) is 0. The Hall–Kier alpha value is -2.18. The Morgan fingerprint density at radius 2 is 1.54 bits per heavy atom. The molecule has 0 amide bonds. The van der Waals surface area contributed by atoms with Gasteiger partial charge >= 0.3 is 5.97 Å². The van der Waals surface area contributed by atoms with E-state index in [9.17, 15) is 13.2 Å². The minimum absolute atomic E-state index is 0.244. The highest BCUT2D eigenvalue weighted by Gasteiger charge is 2.25.